The number of nitrogens with one attached hydrogen (secondary N) is 2. The van der Waals surface area contributed by atoms with Crippen molar-refractivity contribution in [3.63, 3.8) is 0 Å². The molecule has 0 saturated heterocycles. The van der Waals surface area contributed by atoms with Gasteiger partial charge in [0.25, 0.3) is 5.91 Å². The van der Waals surface area contributed by atoms with Crippen LogP contribution in [-0.2, 0) is 0 Å². The van der Waals surface area contributed by atoms with Crippen LogP contribution in [0.15, 0.2) is 42.5 Å². The van der Waals surface area contributed by atoms with Crippen LogP contribution in [0.5, 0.6) is 0 Å². The lowest BCUT2D eigenvalue weighted by atomic mass is 10.1. The molecule has 0 fully saturated rings. The fourth-order valence-corrected chi connectivity index (χ4v) is 1.84. The topological polar surface area (TPSA) is 67.2 Å². The van der Waals surface area contributed by atoms with Crippen molar-refractivity contribution in [2.45, 2.75) is 0 Å². The van der Waals surface area contributed by atoms with E-state index in [-0.39, 0.29) is 5.91 Å². The summed E-state index contributed by atoms with van der Waals surface area (Å²) in [5.41, 5.74) is 8.36. The zero-order chi connectivity index (χ0) is 13.8. The average molecular weight is 276 g/mol. The molecule has 0 atom stereocenters. The molecule has 2 aromatic rings. The monoisotopic (exact) mass is 275 g/mol. The summed E-state index contributed by atoms with van der Waals surface area (Å²) in [6, 6.07) is 12.4. The molecule has 19 heavy (non-hydrogen) atoms. The standard InChI is InChI=1S/C14H14ClN3O/c1-17-14(19)9-6-7-11(16)13(8-9)18-12-5-3-2-4-10(12)15/h2-8,18H,16H2,1H3,(H,17,19). The van der Waals surface area contributed by atoms with Crippen LogP contribution < -0.4 is 16.4 Å². The fourth-order valence-electron chi connectivity index (χ4n) is 1.66. The van der Waals surface area contributed by atoms with Crippen LogP contribution in [0.3, 0.4) is 0 Å². The van der Waals surface area contributed by atoms with Gasteiger partial charge in [-0.05, 0) is 30.3 Å². The second-order valence-corrected chi connectivity index (χ2v) is 4.39. The van der Waals surface area contributed by atoms with E-state index >= 15 is 0 Å². The zero-order valence-electron chi connectivity index (χ0n) is 10.4. The number of carbonyl (C=O) groups is 1. The van der Waals surface area contributed by atoms with Crippen molar-refractivity contribution in [2.75, 3.05) is 18.1 Å². The number of para-hydroxylation sites is 1. The highest BCUT2D eigenvalue weighted by atomic mass is 35.5. The SMILES string of the molecule is CNC(=O)c1ccc(N)c(Nc2ccccc2Cl)c1. The van der Waals surface area contributed by atoms with E-state index in [1.54, 1.807) is 31.3 Å². The Hall–Kier alpha value is -2.20. The fraction of sp³-hybridized carbons (Fsp3) is 0.0714. The minimum atomic E-state index is -0.165. The molecule has 5 heteroatoms. The summed E-state index contributed by atoms with van der Waals surface area (Å²) < 4.78 is 0. The zero-order valence-corrected chi connectivity index (χ0v) is 11.2. The van der Waals surface area contributed by atoms with E-state index < -0.39 is 0 Å². The van der Waals surface area contributed by atoms with Gasteiger partial charge in [-0.2, -0.15) is 0 Å². The molecule has 0 heterocycles. The molecule has 4 N–H and O–H groups in total. The molecule has 0 aliphatic heterocycles. The van der Waals surface area contributed by atoms with Crippen LogP contribution in [-0.4, -0.2) is 13.0 Å². The van der Waals surface area contributed by atoms with Gasteiger partial charge in [-0.1, -0.05) is 23.7 Å². The Bertz CT molecular complexity index is 613. The van der Waals surface area contributed by atoms with E-state index in [1.165, 1.54) is 0 Å². The predicted molar refractivity (Wildman–Crippen MR) is 79.0 cm³/mol. The molecule has 0 aliphatic carbocycles. The minimum Gasteiger partial charge on any atom is -0.397 e. The number of hydrogen-bond acceptors (Lipinski definition) is 3. The summed E-state index contributed by atoms with van der Waals surface area (Å²) in [7, 11) is 1.58. The van der Waals surface area contributed by atoms with Crippen molar-refractivity contribution < 1.29 is 4.79 Å². The molecule has 0 saturated carbocycles. The van der Waals surface area contributed by atoms with Gasteiger partial charge < -0.3 is 16.4 Å². The summed E-state index contributed by atoms with van der Waals surface area (Å²) in [4.78, 5) is 11.6. The van der Waals surface area contributed by atoms with E-state index in [9.17, 15) is 4.79 Å². The number of nitrogen functional groups attached to an aromatic ring is 1. The third-order valence-corrected chi connectivity index (χ3v) is 3.02. The van der Waals surface area contributed by atoms with Gasteiger partial charge >= 0.3 is 0 Å². The number of amides is 1. The molecule has 0 unspecified atom stereocenters. The van der Waals surface area contributed by atoms with Gasteiger partial charge in [-0.15, -0.1) is 0 Å². The molecule has 2 aromatic carbocycles. The van der Waals surface area contributed by atoms with Gasteiger partial charge in [0, 0.05) is 12.6 Å². The Morgan fingerprint density at radius 1 is 1.16 bits per heavy atom. The second kappa shape index (κ2) is 5.63. The first-order chi connectivity index (χ1) is 9.11. The van der Waals surface area contributed by atoms with Crippen LogP contribution in [0.2, 0.25) is 5.02 Å². The first-order valence-corrected chi connectivity index (χ1v) is 6.13. The highest BCUT2D eigenvalue weighted by Gasteiger charge is 2.08. The molecular formula is C14H14ClN3O. The van der Waals surface area contributed by atoms with Crippen molar-refractivity contribution >= 4 is 34.6 Å². The van der Waals surface area contributed by atoms with Crippen molar-refractivity contribution in [3.05, 3.63) is 53.1 Å². The third-order valence-electron chi connectivity index (χ3n) is 2.69. The highest BCUT2D eigenvalue weighted by Crippen LogP contribution is 2.28. The quantitative estimate of drug-likeness (QED) is 0.754. The Morgan fingerprint density at radius 2 is 1.89 bits per heavy atom. The Balaban J connectivity index is 2.34. The van der Waals surface area contributed by atoms with Crippen molar-refractivity contribution in [1.82, 2.24) is 5.32 Å². The maximum absolute atomic E-state index is 11.6. The first-order valence-electron chi connectivity index (χ1n) is 5.75. The molecule has 0 spiro atoms. The lowest BCUT2D eigenvalue weighted by Gasteiger charge is -2.12. The van der Waals surface area contributed by atoms with Crippen LogP contribution in [0.4, 0.5) is 17.1 Å². The Labute approximate surface area is 116 Å². The van der Waals surface area contributed by atoms with Crippen molar-refractivity contribution in [1.29, 1.82) is 0 Å². The molecule has 98 valence electrons. The maximum Gasteiger partial charge on any atom is 0.251 e. The number of carbonyl (C=O) groups excluding carboxylic acids is 1. The van der Waals surface area contributed by atoms with E-state index in [0.29, 0.717) is 22.0 Å². The van der Waals surface area contributed by atoms with Gasteiger partial charge in [0.05, 0.1) is 22.1 Å². The van der Waals surface area contributed by atoms with E-state index in [4.69, 9.17) is 17.3 Å². The van der Waals surface area contributed by atoms with Gasteiger partial charge in [0.2, 0.25) is 0 Å². The third kappa shape index (κ3) is 2.98. The number of halogens is 1. The van der Waals surface area contributed by atoms with E-state index in [1.807, 2.05) is 18.2 Å². The summed E-state index contributed by atoms with van der Waals surface area (Å²) >= 11 is 6.07. The molecule has 0 radical (unpaired) electrons. The van der Waals surface area contributed by atoms with Gasteiger partial charge in [-0.3, -0.25) is 4.79 Å². The van der Waals surface area contributed by atoms with Gasteiger partial charge in [-0.25, -0.2) is 0 Å². The van der Waals surface area contributed by atoms with Crippen molar-refractivity contribution in [2.24, 2.45) is 0 Å². The second-order valence-electron chi connectivity index (χ2n) is 3.99. The number of rotatable bonds is 3. The Kier molecular flexibility index (Phi) is 3.92. The number of benzene rings is 2. The minimum absolute atomic E-state index is 0.165. The average Bonchev–Trinajstić information content (AvgIpc) is 2.42. The number of hydrogen-bond donors (Lipinski definition) is 3. The summed E-state index contributed by atoms with van der Waals surface area (Å²) in [6.07, 6.45) is 0. The smallest absolute Gasteiger partial charge is 0.251 e. The molecule has 4 nitrogen and oxygen atoms in total. The van der Waals surface area contributed by atoms with Gasteiger partial charge in [0.1, 0.15) is 0 Å². The van der Waals surface area contributed by atoms with E-state index in [0.717, 1.165) is 5.69 Å². The summed E-state index contributed by atoms with van der Waals surface area (Å²) in [5.74, 6) is -0.165. The molecule has 0 bridgehead atoms. The van der Waals surface area contributed by atoms with Crippen molar-refractivity contribution in [3.8, 4) is 0 Å². The molecule has 0 aliphatic rings. The molecule has 2 rings (SSSR count). The first kappa shape index (κ1) is 13.2. The van der Waals surface area contributed by atoms with Crippen LogP contribution in [0, 0.1) is 0 Å². The maximum atomic E-state index is 11.6. The highest BCUT2D eigenvalue weighted by molar-refractivity contribution is 6.33. The normalized spacial score (nSPS) is 10.0. The van der Waals surface area contributed by atoms with Crippen LogP contribution in [0.25, 0.3) is 0 Å². The molecule has 1 amide bonds. The van der Waals surface area contributed by atoms with Gasteiger partial charge in [0.15, 0.2) is 0 Å². The van der Waals surface area contributed by atoms with Crippen LogP contribution >= 0.6 is 11.6 Å². The number of nitrogens with two attached hydrogens (primary N) is 1. The Morgan fingerprint density at radius 3 is 2.58 bits per heavy atom. The van der Waals surface area contributed by atoms with Crippen LogP contribution in [0.1, 0.15) is 10.4 Å². The van der Waals surface area contributed by atoms with E-state index in [2.05, 4.69) is 10.6 Å². The lowest BCUT2D eigenvalue weighted by Crippen LogP contribution is -2.17. The summed E-state index contributed by atoms with van der Waals surface area (Å²) in [5, 5.41) is 6.28. The number of anilines is 3. The molecule has 0 aromatic heterocycles. The molecular weight excluding hydrogens is 262 g/mol. The lowest BCUT2D eigenvalue weighted by molar-refractivity contribution is 0.0963. The summed E-state index contributed by atoms with van der Waals surface area (Å²) in [6.45, 7) is 0. The largest absolute Gasteiger partial charge is 0.397 e. The predicted octanol–water partition coefficient (Wildman–Crippen LogP) is 3.03.